The Hall–Kier alpha value is -3.31. The van der Waals surface area contributed by atoms with E-state index in [0.29, 0.717) is 29.9 Å². The minimum absolute atomic E-state index is 0.0601. The molecule has 1 saturated heterocycles. The summed E-state index contributed by atoms with van der Waals surface area (Å²) >= 11 is 1.75. The monoisotopic (exact) mass is 538 g/mol. The first kappa shape index (κ1) is 27.3. The van der Waals surface area contributed by atoms with Crippen LogP contribution in [0, 0.1) is 13.8 Å². The summed E-state index contributed by atoms with van der Waals surface area (Å²) < 4.78 is 0. The molecule has 3 aromatic carbocycles. The van der Waals surface area contributed by atoms with Crippen molar-refractivity contribution < 1.29 is 9.59 Å². The van der Waals surface area contributed by atoms with Crippen LogP contribution >= 0.6 is 11.8 Å². The van der Waals surface area contributed by atoms with Crippen LogP contribution in [0.2, 0.25) is 0 Å². The van der Waals surface area contributed by atoms with Crippen molar-refractivity contribution in [1.82, 2.24) is 10.2 Å². The van der Waals surface area contributed by atoms with Gasteiger partial charge in [-0.25, -0.2) is 0 Å². The third-order valence-corrected chi connectivity index (χ3v) is 9.30. The Kier molecular flexibility index (Phi) is 8.88. The predicted octanol–water partition coefficient (Wildman–Crippen LogP) is 7.09. The average molecular weight is 539 g/mol. The summed E-state index contributed by atoms with van der Waals surface area (Å²) in [5.41, 5.74) is 6.57. The van der Waals surface area contributed by atoms with Gasteiger partial charge in [-0.05, 0) is 80.0 Å². The van der Waals surface area contributed by atoms with Gasteiger partial charge in [-0.2, -0.15) is 0 Å². The van der Waals surface area contributed by atoms with E-state index in [1.807, 2.05) is 48.5 Å². The van der Waals surface area contributed by atoms with Gasteiger partial charge < -0.3 is 10.2 Å². The number of fused-ring (bicyclic) bond motifs is 1. The van der Waals surface area contributed by atoms with E-state index in [4.69, 9.17) is 0 Å². The number of nitrogens with one attached hydrogen (secondary N) is 1. The van der Waals surface area contributed by atoms with E-state index in [1.54, 1.807) is 11.8 Å². The number of hydrogen-bond acceptors (Lipinski definition) is 3. The topological polar surface area (TPSA) is 49.4 Å². The van der Waals surface area contributed by atoms with Crippen LogP contribution in [0.15, 0.2) is 77.7 Å². The third kappa shape index (κ3) is 6.83. The van der Waals surface area contributed by atoms with E-state index in [0.717, 1.165) is 36.2 Å². The third-order valence-electron chi connectivity index (χ3n) is 7.90. The summed E-state index contributed by atoms with van der Waals surface area (Å²) in [7, 11) is 0. The molecule has 2 amide bonds. The molecule has 0 spiro atoms. The van der Waals surface area contributed by atoms with Gasteiger partial charge in [-0.15, -0.1) is 11.8 Å². The van der Waals surface area contributed by atoms with E-state index >= 15 is 0 Å². The highest BCUT2D eigenvalue weighted by atomic mass is 32.2. The molecule has 2 atom stereocenters. The van der Waals surface area contributed by atoms with E-state index < -0.39 is 0 Å². The molecule has 1 heterocycles. The summed E-state index contributed by atoms with van der Waals surface area (Å²) in [6, 6.07) is 24.7. The molecule has 1 aliphatic carbocycles. The van der Waals surface area contributed by atoms with Crippen LogP contribution < -0.4 is 5.32 Å². The Morgan fingerprint density at radius 3 is 2.56 bits per heavy atom. The number of thioether (sulfide) groups is 1. The van der Waals surface area contributed by atoms with Crippen molar-refractivity contribution in [3.63, 3.8) is 0 Å². The van der Waals surface area contributed by atoms with Gasteiger partial charge in [0.2, 0.25) is 0 Å². The Morgan fingerprint density at radius 2 is 1.77 bits per heavy atom. The van der Waals surface area contributed by atoms with Gasteiger partial charge in [0.15, 0.2) is 0 Å². The molecule has 0 bridgehead atoms. The highest BCUT2D eigenvalue weighted by molar-refractivity contribution is 8.04. The van der Waals surface area contributed by atoms with Crippen molar-refractivity contribution in [2.45, 2.75) is 70.2 Å². The maximum atomic E-state index is 13.8. The highest BCUT2D eigenvalue weighted by Crippen LogP contribution is 2.43. The molecule has 2 fully saturated rings. The first-order valence-corrected chi connectivity index (χ1v) is 15.0. The minimum atomic E-state index is -0.0601. The zero-order chi connectivity index (χ0) is 27.2. The second kappa shape index (κ2) is 12.7. The molecule has 1 saturated carbocycles. The largest absolute Gasteiger partial charge is 0.352 e. The predicted molar refractivity (Wildman–Crippen MR) is 162 cm³/mol. The van der Waals surface area contributed by atoms with Crippen LogP contribution in [0.1, 0.15) is 70.3 Å². The molecule has 5 rings (SSSR count). The van der Waals surface area contributed by atoms with Gasteiger partial charge in [-0.3, -0.25) is 9.59 Å². The Morgan fingerprint density at radius 1 is 1.00 bits per heavy atom. The molecule has 1 aliphatic heterocycles. The smallest absolute Gasteiger partial charge is 0.260 e. The van der Waals surface area contributed by atoms with Gasteiger partial charge in [0.25, 0.3) is 11.8 Å². The molecule has 2 unspecified atom stereocenters. The van der Waals surface area contributed by atoms with Crippen molar-refractivity contribution in [3.8, 4) is 0 Å². The van der Waals surface area contributed by atoms with Crippen molar-refractivity contribution in [2.24, 2.45) is 0 Å². The fourth-order valence-corrected chi connectivity index (χ4v) is 7.11. The fraction of sp³-hybridized carbons (Fsp3) is 0.353. The first-order chi connectivity index (χ1) is 19.0. The molecule has 202 valence electrons. The zero-order valence-corrected chi connectivity index (χ0v) is 23.8. The van der Waals surface area contributed by atoms with Gasteiger partial charge in [0.1, 0.15) is 0 Å². The fourth-order valence-electron chi connectivity index (χ4n) is 5.64. The SMILES string of the molecule is Cc1ccc(C)c(CN2C(=O)/C(=C/c3ccc(C(=O)NCCCc4ccccc4)cc3)SC3CCCCC32)c1. The normalized spacial score (nSPS) is 20.1. The minimum Gasteiger partial charge on any atom is -0.352 e. The number of benzene rings is 3. The number of carbonyl (C=O) groups is 2. The van der Waals surface area contributed by atoms with E-state index in [1.165, 1.54) is 35.1 Å². The van der Waals surface area contributed by atoms with Gasteiger partial charge in [0, 0.05) is 29.9 Å². The molecular formula is C34H38N2O2S. The maximum Gasteiger partial charge on any atom is 0.260 e. The van der Waals surface area contributed by atoms with Crippen LogP contribution in [-0.4, -0.2) is 34.6 Å². The molecule has 4 nitrogen and oxygen atoms in total. The van der Waals surface area contributed by atoms with Crippen LogP contribution in [0.4, 0.5) is 0 Å². The Balaban J connectivity index is 1.25. The number of rotatable bonds is 8. The summed E-state index contributed by atoms with van der Waals surface area (Å²) in [6.45, 7) is 5.55. The summed E-state index contributed by atoms with van der Waals surface area (Å²) in [4.78, 5) is 29.4. The number of amides is 2. The molecule has 5 heteroatoms. The van der Waals surface area contributed by atoms with E-state index in [9.17, 15) is 9.59 Å². The lowest BCUT2D eigenvalue weighted by Gasteiger charge is -2.44. The van der Waals surface area contributed by atoms with Crippen molar-refractivity contribution in [3.05, 3.63) is 111 Å². The zero-order valence-electron chi connectivity index (χ0n) is 23.0. The molecule has 0 aromatic heterocycles. The van der Waals surface area contributed by atoms with Crippen molar-refractivity contribution >= 4 is 29.7 Å². The molecule has 0 radical (unpaired) electrons. The summed E-state index contributed by atoms with van der Waals surface area (Å²) in [6.07, 6.45) is 8.50. The van der Waals surface area contributed by atoms with Gasteiger partial charge in [-0.1, -0.05) is 79.1 Å². The maximum absolute atomic E-state index is 13.8. The summed E-state index contributed by atoms with van der Waals surface area (Å²) in [5, 5.41) is 3.47. The standard InChI is InChI=1S/C34H38N2O2S/c1-24-14-15-25(2)29(21-24)23-36-30-12-6-7-13-31(30)39-32(34(36)38)22-27-16-18-28(19-17-27)33(37)35-20-8-11-26-9-4-3-5-10-26/h3-5,9-10,14-19,21-22,30-31H,6-8,11-13,20,23H2,1-2H3,(H,35,37)/b32-22-. The lowest BCUT2D eigenvalue weighted by atomic mass is 9.92. The van der Waals surface area contributed by atoms with Crippen LogP contribution in [0.25, 0.3) is 6.08 Å². The highest BCUT2D eigenvalue weighted by Gasteiger charge is 2.40. The van der Waals surface area contributed by atoms with Crippen LogP contribution in [0.5, 0.6) is 0 Å². The second-order valence-electron chi connectivity index (χ2n) is 10.8. The summed E-state index contributed by atoms with van der Waals surface area (Å²) in [5.74, 6) is 0.0689. The Labute approximate surface area is 236 Å². The molecule has 2 aliphatic rings. The average Bonchev–Trinajstić information content (AvgIpc) is 2.96. The first-order valence-electron chi connectivity index (χ1n) is 14.2. The van der Waals surface area contributed by atoms with Crippen molar-refractivity contribution in [2.75, 3.05) is 6.54 Å². The molecule has 39 heavy (non-hydrogen) atoms. The molecule has 3 aromatic rings. The molecule has 1 N–H and O–H groups in total. The number of aryl methyl sites for hydroxylation is 3. The van der Waals surface area contributed by atoms with Gasteiger partial charge >= 0.3 is 0 Å². The van der Waals surface area contributed by atoms with E-state index in [-0.39, 0.29) is 11.8 Å². The number of carbonyl (C=O) groups excluding carboxylic acids is 2. The van der Waals surface area contributed by atoms with Crippen LogP contribution in [0.3, 0.4) is 0 Å². The van der Waals surface area contributed by atoms with Gasteiger partial charge in [0.05, 0.1) is 4.91 Å². The van der Waals surface area contributed by atoms with Crippen LogP contribution in [-0.2, 0) is 17.8 Å². The lowest BCUT2D eigenvalue weighted by molar-refractivity contribution is -0.130. The number of hydrogen-bond donors (Lipinski definition) is 1. The number of nitrogens with zero attached hydrogens (tertiary/aromatic N) is 1. The molecular weight excluding hydrogens is 500 g/mol. The Bertz CT molecular complexity index is 1330. The second-order valence-corrected chi connectivity index (χ2v) is 12.1. The van der Waals surface area contributed by atoms with E-state index in [2.05, 4.69) is 54.4 Å². The lowest BCUT2D eigenvalue weighted by Crippen LogP contribution is -2.50. The van der Waals surface area contributed by atoms with Crippen molar-refractivity contribution in [1.29, 1.82) is 0 Å². The quantitative estimate of drug-likeness (QED) is 0.246.